The van der Waals surface area contributed by atoms with Crippen LogP contribution in [-0.4, -0.2) is 29.8 Å². The molecular formula is C14H16N4O2. The molecule has 0 aliphatic rings. The third-order valence-corrected chi connectivity index (χ3v) is 2.76. The number of nitrogens with one attached hydrogen (secondary N) is 1. The summed E-state index contributed by atoms with van der Waals surface area (Å²) in [6.45, 7) is 0.592. The molecule has 104 valence electrons. The number of hydrogen-bond acceptors (Lipinski definition) is 5. The number of amides is 1. The highest BCUT2D eigenvalue weighted by Gasteiger charge is 2.10. The van der Waals surface area contributed by atoms with Crippen LogP contribution in [0.1, 0.15) is 16.1 Å². The molecule has 6 heteroatoms. The summed E-state index contributed by atoms with van der Waals surface area (Å²) in [6.07, 6.45) is 0.723. The maximum absolute atomic E-state index is 12.1. The number of methoxy groups -OCH3 is 1. The van der Waals surface area contributed by atoms with Crippen molar-refractivity contribution in [2.24, 2.45) is 0 Å². The Hall–Kier alpha value is -2.47. The van der Waals surface area contributed by atoms with Crippen molar-refractivity contribution in [3.8, 4) is 0 Å². The highest BCUT2D eigenvalue weighted by atomic mass is 16.5. The number of ether oxygens (including phenoxy) is 1. The fraction of sp³-hybridized carbons (Fsp3) is 0.214. The maximum Gasteiger partial charge on any atom is 0.276 e. The van der Waals surface area contributed by atoms with E-state index in [9.17, 15) is 4.79 Å². The van der Waals surface area contributed by atoms with Gasteiger partial charge in [0.05, 0.1) is 6.61 Å². The Morgan fingerprint density at radius 3 is 2.75 bits per heavy atom. The predicted octanol–water partition coefficient (Wildman–Crippen LogP) is 1.50. The van der Waals surface area contributed by atoms with Gasteiger partial charge in [0.25, 0.3) is 5.91 Å². The molecule has 20 heavy (non-hydrogen) atoms. The molecule has 0 fully saturated rings. The number of nitrogens with zero attached hydrogens (tertiary/aromatic N) is 2. The molecule has 0 saturated carbocycles. The van der Waals surface area contributed by atoms with E-state index in [-0.39, 0.29) is 17.4 Å². The van der Waals surface area contributed by atoms with E-state index < -0.39 is 0 Å². The molecular weight excluding hydrogens is 256 g/mol. The van der Waals surface area contributed by atoms with Crippen molar-refractivity contribution in [1.82, 2.24) is 10.2 Å². The van der Waals surface area contributed by atoms with E-state index in [0.29, 0.717) is 6.61 Å². The van der Waals surface area contributed by atoms with Crippen LogP contribution in [0.2, 0.25) is 0 Å². The SMILES string of the molecule is COCCc1ccccc1NC(=O)c1ccc(N)nn1. The first kappa shape index (κ1) is 14.0. The van der Waals surface area contributed by atoms with Gasteiger partial charge >= 0.3 is 0 Å². The number of aromatic nitrogens is 2. The quantitative estimate of drug-likeness (QED) is 0.860. The number of rotatable bonds is 5. The molecule has 0 aliphatic heterocycles. The summed E-state index contributed by atoms with van der Waals surface area (Å²) >= 11 is 0. The summed E-state index contributed by atoms with van der Waals surface area (Å²) in [5.41, 5.74) is 7.41. The van der Waals surface area contributed by atoms with Gasteiger partial charge in [-0.2, -0.15) is 0 Å². The Balaban J connectivity index is 2.13. The molecule has 1 aromatic heterocycles. The molecule has 6 nitrogen and oxygen atoms in total. The minimum atomic E-state index is -0.317. The zero-order chi connectivity index (χ0) is 14.4. The van der Waals surface area contributed by atoms with Gasteiger partial charge in [-0.3, -0.25) is 4.79 Å². The van der Waals surface area contributed by atoms with Gasteiger partial charge in [-0.1, -0.05) is 18.2 Å². The van der Waals surface area contributed by atoms with Crippen LogP contribution in [0.5, 0.6) is 0 Å². The number of hydrogen-bond donors (Lipinski definition) is 2. The van der Waals surface area contributed by atoms with E-state index in [0.717, 1.165) is 17.7 Å². The normalized spacial score (nSPS) is 10.2. The summed E-state index contributed by atoms with van der Waals surface area (Å²) in [4.78, 5) is 12.1. The van der Waals surface area contributed by atoms with Crippen LogP contribution in [-0.2, 0) is 11.2 Å². The summed E-state index contributed by atoms with van der Waals surface area (Å²) < 4.78 is 5.05. The van der Waals surface area contributed by atoms with E-state index in [4.69, 9.17) is 10.5 Å². The smallest absolute Gasteiger partial charge is 0.276 e. The molecule has 0 aliphatic carbocycles. The highest BCUT2D eigenvalue weighted by molar-refractivity contribution is 6.03. The predicted molar refractivity (Wildman–Crippen MR) is 76.4 cm³/mol. The number of para-hydroxylation sites is 1. The number of nitrogens with two attached hydrogens (primary N) is 1. The van der Waals surface area contributed by atoms with Crippen molar-refractivity contribution >= 4 is 17.4 Å². The highest BCUT2D eigenvalue weighted by Crippen LogP contribution is 2.16. The van der Waals surface area contributed by atoms with Crippen molar-refractivity contribution in [3.05, 3.63) is 47.7 Å². The van der Waals surface area contributed by atoms with E-state index in [2.05, 4.69) is 15.5 Å². The Labute approximate surface area is 117 Å². The zero-order valence-electron chi connectivity index (χ0n) is 11.2. The van der Waals surface area contributed by atoms with Gasteiger partial charge in [0.1, 0.15) is 5.82 Å². The third kappa shape index (κ3) is 3.52. The molecule has 1 heterocycles. The Morgan fingerprint density at radius 2 is 2.05 bits per heavy atom. The molecule has 0 atom stereocenters. The minimum Gasteiger partial charge on any atom is -0.384 e. The zero-order valence-corrected chi connectivity index (χ0v) is 11.2. The monoisotopic (exact) mass is 272 g/mol. The largest absolute Gasteiger partial charge is 0.384 e. The Bertz CT molecular complexity index is 584. The summed E-state index contributed by atoms with van der Waals surface area (Å²) in [7, 11) is 1.64. The van der Waals surface area contributed by atoms with E-state index in [1.165, 1.54) is 6.07 Å². The van der Waals surface area contributed by atoms with Gasteiger partial charge in [0.15, 0.2) is 5.69 Å². The second-order valence-corrected chi connectivity index (χ2v) is 4.20. The van der Waals surface area contributed by atoms with E-state index in [1.807, 2.05) is 24.3 Å². The molecule has 1 amide bonds. The summed E-state index contributed by atoms with van der Waals surface area (Å²) in [5.74, 6) is -0.0376. The fourth-order valence-electron chi connectivity index (χ4n) is 1.72. The summed E-state index contributed by atoms with van der Waals surface area (Å²) in [5, 5.41) is 10.2. The van der Waals surface area contributed by atoms with Crippen molar-refractivity contribution < 1.29 is 9.53 Å². The Kier molecular flexibility index (Phi) is 4.62. The van der Waals surface area contributed by atoms with Crippen molar-refractivity contribution in [2.75, 3.05) is 24.8 Å². The number of carbonyl (C=O) groups is 1. The first-order valence-corrected chi connectivity index (χ1v) is 6.18. The van der Waals surface area contributed by atoms with Crippen molar-refractivity contribution in [2.45, 2.75) is 6.42 Å². The van der Waals surface area contributed by atoms with Crippen LogP contribution < -0.4 is 11.1 Å². The lowest BCUT2D eigenvalue weighted by Crippen LogP contribution is -2.16. The van der Waals surface area contributed by atoms with Crippen LogP contribution in [0.4, 0.5) is 11.5 Å². The van der Waals surface area contributed by atoms with Crippen LogP contribution in [0.25, 0.3) is 0 Å². The van der Waals surface area contributed by atoms with Crippen LogP contribution in [0, 0.1) is 0 Å². The molecule has 1 aromatic carbocycles. The van der Waals surface area contributed by atoms with Gasteiger partial charge in [-0.15, -0.1) is 10.2 Å². The molecule has 2 rings (SSSR count). The van der Waals surface area contributed by atoms with Gasteiger partial charge in [0.2, 0.25) is 0 Å². The van der Waals surface area contributed by atoms with Gasteiger partial charge < -0.3 is 15.8 Å². The average Bonchev–Trinajstić information content (AvgIpc) is 2.47. The maximum atomic E-state index is 12.1. The topological polar surface area (TPSA) is 90.1 Å². The lowest BCUT2D eigenvalue weighted by atomic mass is 10.1. The Morgan fingerprint density at radius 1 is 1.25 bits per heavy atom. The third-order valence-electron chi connectivity index (χ3n) is 2.76. The first-order chi connectivity index (χ1) is 9.70. The standard InChI is InChI=1S/C14H16N4O2/c1-20-9-8-10-4-2-3-5-11(10)16-14(19)12-6-7-13(15)18-17-12/h2-7H,8-9H2,1H3,(H2,15,18)(H,16,19). The molecule has 0 saturated heterocycles. The number of carbonyl (C=O) groups excluding carboxylic acids is 1. The van der Waals surface area contributed by atoms with Gasteiger partial charge in [-0.25, -0.2) is 0 Å². The van der Waals surface area contributed by atoms with Crippen LogP contribution in [0.15, 0.2) is 36.4 Å². The minimum absolute atomic E-state index is 0.223. The first-order valence-electron chi connectivity index (χ1n) is 6.18. The van der Waals surface area contributed by atoms with Gasteiger partial charge in [0, 0.05) is 12.8 Å². The average molecular weight is 272 g/mol. The molecule has 3 N–H and O–H groups in total. The fourth-order valence-corrected chi connectivity index (χ4v) is 1.72. The number of nitrogen functional groups attached to an aromatic ring is 1. The second-order valence-electron chi connectivity index (χ2n) is 4.20. The lowest BCUT2D eigenvalue weighted by Gasteiger charge is -2.10. The van der Waals surface area contributed by atoms with Crippen LogP contribution in [0.3, 0.4) is 0 Å². The van der Waals surface area contributed by atoms with Gasteiger partial charge in [-0.05, 0) is 30.2 Å². The second kappa shape index (κ2) is 6.63. The van der Waals surface area contributed by atoms with Crippen molar-refractivity contribution in [1.29, 1.82) is 0 Å². The molecule has 0 radical (unpaired) electrons. The van der Waals surface area contributed by atoms with Crippen LogP contribution >= 0.6 is 0 Å². The van der Waals surface area contributed by atoms with E-state index in [1.54, 1.807) is 13.2 Å². The number of benzene rings is 1. The number of anilines is 2. The molecule has 2 aromatic rings. The molecule has 0 spiro atoms. The van der Waals surface area contributed by atoms with E-state index >= 15 is 0 Å². The molecule has 0 bridgehead atoms. The summed E-state index contributed by atoms with van der Waals surface area (Å²) in [6, 6.07) is 10.6. The van der Waals surface area contributed by atoms with Crippen molar-refractivity contribution in [3.63, 3.8) is 0 Å². The molecule has 0 unspecified atom stereocenters. The lowest BCUT2D eigenvalue weighted by molar-refractivity contribution is 0.102.